The van der Waals surface area contributed by atoms with E-state index in [0.717, 1.165) is 31.0 Å². The molecule has 4 rings (SSSR count). The van der Waals surface area contributed by atoms with Crippen LogP contribution in [0.15, 0.2) is 43.1 Å². The van der Waals surface area contributed by atoms with Crippen molar-refractivity contribution < 1.29 is 9.53 Å². The molecule has 4 heterocycles. The average molecular weight is 447 g/mol. The lowest BCUT2D eigenvalue weighted by molar-refractivity contribution is 0.0526. The number of carbonyl (C=O) groups is 1. The molecule has 0 radical (unpaired) electrons. The van der Waals surface area contributed by atoms with E-state index in [2.05, 4.69) is 35.7 Å². The molecule has 0 spiro atoms. The summed E-state index contributed by atoms with van der Waals surface area (Å²) in [6.07, 6.45) is 10.5. The fourth-order valence-electron chi connectivity index (χ4n) is 3.67. The molecule has 33 heavy (non-hydrogen) atoms. The van der Waals surface area contributed by atoms with Crippen molar-refractivity contribution in [2.24, 2.45) is 5.92 Å². The van der Waals surface area contributed by atoms with E-state index in [-0.39, 0.29) is 11.8 Å². The largest absolute Gasteiger partial charge is 0.462 e. The van der Waals surface area contributed by atoms with Gasteiger partial charge in [-0.2, -0.15) is 0 Å². The third-order valence-electron chi connectivity index (χ3n) is 5.35. The highest BCUT2D eigenvalue weighted by molar-refractivity contribution is 5.89. The van der Waals surface area contributed by atoms with Crippen molar-refractivity contribution in [3.63, 3.8) is 0 Å². The van der Waals surface area contributed by atoms with E-state index < -0.39 is 0 Å². The number of hydrogen-bond acceptors (Lipinski definition) is 8. The second-order valence-electron chi connectivity index (χ2n) is 7.70. The summed E-state index contributed by atoms with van der Waals surface area (Å²) < 4.78 is 6.96. The lowest BCUT2D eigenvalue weighted by atomic mass is 10.00. The minimum atomic E-state index is -0.355. The number of ether oxygens (including phenoxy) is 1. The molecule has 1 aliphatic heterocycles. The summed E-state index contributed by atoms with van der Waals surface area (Å²) in [5, 5.41) is 10.1. The maximum Gasteiger partial charge on any atom is 0.339 e. The van der Waals surface area contributed by atoms with Crippen LogP contribution < -0.4 is 16.0 Å². The number of piperidine rings is 1. The Morgan fingerprint density at radius 3 is 2.91 bits per heavy atom. The van der Waals surface area contributed by atoms with Crippen LogP contribution in [-0.2, 0) is 4.74 Å². The molecule has 3 aromatic heterocycles. The number of anilines is 3. The van der Waals surface area contributed by atoms with Crippen LogP contribution >= 0.6 is 0 Å². The van der Waals surface area contributed by atoms with Crippen LogP contribution in [0.1, 0.15) is 30.1 Å². The number of pyridine rings is 1. The minimum Gasteiger partial charge on any atom is -0.462 e. The lowest BCUT2D eigenvalue weighted by Gasteiger charge is -2.24. The first kappa shape index (κ1) is 22.2. The Bertz CT molecular complexity index is 1130. The standard InChI is InChI=1S/C23H26N8O2/c1-3-33-23(32)17-6-8-31(15-17)19-12-27-20(30-22-14-28-21(24-2)13-29-22)9-18(19)26-11-16-5-4-7-25-10-16/h6,8-9,12-16,25H,3-5,7,10-11H2,1H3,(H2,26,27,29,30). The predicted molar refractivity (Wildman–Crippen MR) is 125 cm³/mol. The predicted octanol–water partition coefficient (Wildman–Crippen LogP) is 3.54. The number of carbonyl (C=O) groups excluding carboxylic acids is 1. The second-order valence-corrected chi connectivity index (χ2v) is 7.70. The lowest BCUT2D eigenvalue weighted by Crippen LogP contribution is -2.33. The molecule has 0 amide bonds. The first-order valence-electron chi connectivity index (χ1n) is 10.9. The molecule has 1 atom stereocenters. The Balaban J connectivity index is 1.58. The molecule has 170 valence electrons. The summed E-state index contributed by atoms with van der Waals surface area (Å²) in [6, 6.07) is 3.63. The van der Waals surface area contributed by atoms with Gasteiger partial charge in [0, 0.05) is 25.0 Å². The third kappa shape index (κ3) is 5.64. The van der Waals surface area contributed by atoms with Gasteiger partial charge in [-0.1, -0.05) is 6.57 Å². The molecule has 0 aliphatic carbocycles. The van der Waals surface area contributed by atoms with Crippen LogP contribution in [0.4, 0.5) is 23.1 Å². The maximum atomic E-state index is 12.1. The highest BCUT2D eigenvalue weighted by Crippen LogP contribution is 2.26. The maximum absolute atomic E-state index is 12.1. The van der Waals surface area contributed by atoms with Gasteiger partial charge in [-0.25, -0.2) is 14.8 Å². The average Bonchev–Trinajstić information content (AvgIpc) is 3.34. The third-order valence-corrected chi connectivity index (χ3v) is 5.35. The van der Waals surface area contributed by atoms with Crippen LogP contribution in [0.2, 0.25) is 0 Å². The van der Waals surface area contributed by atoms with Gasteiger partial charge in [-0.3, -0.25) is 0 Å². The zero-order chi connectivity index (χ0) is 23.0. The monoisotopic (exact) mass is 446 g/mol. The van der Waals surface area contributed by atoms with Crippen molar-refractivity contribution in [3.05, 3.63) is 60.1 Å². The number of rotatable bonds is 8. The van der Waals surface area contributed by atoms with E-state index in [4.69, 9.17) is 11.3 Å². The zero-order valence-electron chi connectivity index (χ0n) is 18.4. The first-order chi connectivity index (χ1) is 16.2. The number of nitrogens with one attached hydrogen (secondary N) is 3. The van der Waals surface area contributed by atoms with Gasteiger partial charge in [-0.05, 0) is 44.8 Å². The molecule has 10 nitrogen and oxygen atoms in total. The topological polar surface area (TPSA) is 110 Å². The van der Waals surface area contributed by atoms with Crippen molar-refractivity contribution >= 4 is 29.1 Å². The van der Waals surface area contributed by atoms with Crippen LogP contribution in [-0.4, -0.2) is 51.7 Å². The number of hydrogen-bond donors (Lipinski definition) is 3. The Morgan fingerprint density at radius 2 is 2.18 bits per heavy atom. The Morgan fingerprint density at radius 1 is 1.30 bits per heavy atom. The molecule has 1 fully saturated rings. The van der Waals surface area contributed by atoms with Gasteiger partial charge >= 0.3 is 5.97 Å². The van der Waals surface area contributed by atoms with Crippen molar-refractivity contribution in [2.75, 3.05) is 36.9 Å². The van der Waals surface area contributed by atoms with Gasteiger partial charge in [-0.15, -0.1) is 4.98 Å². The van der Waals surface area contributed by atoms with Crippen LogP contribution in [0, 0.1) is 12.5 Å². The van der Waals surface area contributed by atoms with Crippen LogP contribution in [0.25, 0.3) is 10.5 Å². The van der Waals surface area contributed by atoms with Gasteiger partial charge in [0.2, 0.25) is 0 Å². The van der Waals surface area contributed by atoms with Gasteiger partial charge in [0.15, 0.2) is 12.0 Å². The number of esters is 1. The van der Waals surface area contributed by atoms with Crippen molar-refractivity contribution in [2.45, 2.75) is 19.8 Å². The second kappa shape index (κ2) is 10.6. The molecule has 0 saturated carbocycles. The minimum absolute atomic E-state index is 0.234. The normalized spacial score (nSPS) is 15.5. The van der Waals surface area contributed by atoms with E-state index in [0.29, 0.717) is 29.7 Å². The molecule has 3 N–H and O–H groups in total. The molecule has 0 bridgehead atoms. The first-order valence-corrected chi connectivity index (χ1v) is 10.9. The number of nitrogens with zero attached hydrogens (tertiary/aromatic N) is 5. The summed E-state index contributed by atoms with van der Waals surface area (Å²) in [5.74, 6) is 1.49. The smallest absolute Gasteiger partial charge is 0.339 e. The molecular weight excluding hydrogens is 420 g/mol. The van der Waals surface area contributed by atoms with Crippen molar-refractivity contribution in [3.8, 4) is 5.69 Å². The fraction of sp³-hybridized carbons (Fsp3) is 0.348. The number of aromatic nitrogens is 4. The summed E-state index contributed by atoms with van der Waals surface area (Å²) >= 11 is 0. The van der Waals surface area contributed by atoms with Crippen molar-refractivity contribution in [1.29, 1.82) is 0 Å². The highest BCUT2D eigenvalue weighted by Gasteiger charge is 2.16. The van der Waals surface area contributed by atoms with Gasteiger partial charge in [0.25, 0.3) is 5.82 Å². The molecular formula is C23H26N8O2. The molecule has 1 aliphatic rings. The molecule has 3 aromatic rings. The van der Waals surface area contributed by atoms with E-state index in [9.17, 15) is 4.79 Å². The van der Waals surface area contributed by atoms with E-state index in [1.807, 2.05) is 16.8 Å². The van der Waals surface area contributed by atoms with Gasteiger partial charge in [0.1, 0.15) is 5.82 Å². The fourth-order valence-corrected chi connectivity index (χ4v) is 3.67. The Labute approximate surface area is 192 Å². The molecule has 1 unspecified atom stereocenters. The zero-order valence-corrected chi connectivity index (χ0v) is 18.4. The molecule has 1 saturated heterocycles. The summed E-state index contributed by atoms with van der Waals surface area (Å²) in [4.78, 5) is 28.1. The van der Waals surface area contributed by atoms with Crippen molar-refractivity contribution in [1.82, 2.24) is 24.8 Å². The Kier molecular flexibility index (Phi) is 7.12. The molecule has 0 aromatic carbocycles. The van der Waals surface area contributed by atoms with E-state index in [1.54, 1.807) is 25.4 Å². The van der Waals surface area contributed by atoms with Crippen LogP contribution in [0.5, 0.6) is 0 Å². The SMILES string of the molecule is [C-]#[N+]c1cnc(Nc2cc(NCC3CCCNC3)c(-n3ccc(C(=O)OCC)c3)cn2)cn1. The summed E-state index contributed by atoms with van der Waals surface area (Å²) in [7, 11) is 0. The Hall–Kier alpha value is -3.97. The highest BCUT2D eigenvalue weighted by atomic mass is 16.5. The summed E-state index contributed by atoms with van der Waals surface area (Å²) in [5.41, 5.74) is 2.17. The van der Waals surface area contributed by atoms with E-state index >= 15 is 0 Å². The van der Waals surface area contributed by atoms with E-state index in [1.165, 1.54) is 25.2 Å². The summed E-state index contributed by atoms with van der Waals surface area (Å²) in [6.45, 7) is 12.0. The van der Waals surface area contributed by atoms with Crippen LogP contribution in [0.3, 0.4) is 0 Å². The van der Waals surface area contributed by atoms with Gasteiger partial charge < -0.3 is 30.1 Å². The molecule has 10 heteroatoms. The quantitative estimate of drug-likeness (QED) is 0.356. The van der Waals surface area contributed by atoms with Gasteiger partial charge in [0.05, 0.1) is 35.9 Å².